The fourth-order valence-corrected chi connectivity index (χ4v) is 2.74. The molecule has 0 aliphatic rings. The van der Waals surface area contributed by atoms with E-state index in [0.717, 1.165) is 16.8 Å². The predicted octanol–water partition coefficient (Wildman–Crippen LogP) is 3.67. The number of hydrogen-bond acceptors (Lipinski definition) is 4. The Bertz CT molecular complexity index is 1070. The van der Waals surface area contributed by atoms with Gasteiger partial charge in [0.15, 0.2) is 0 Å². The lowest BCUT2D eigenvalue weighted by atomic mass is 10.1. The molecule has 6 heteroatoms. The third kappa shape index (κ3) is 6.40. The smallest absolute Gasteiger partial charge is 0.287 e. The first-order valence-corrected chi connectivity index (χ1v) is 9.77. The molecule has 156 valence electrons. The number of hydrogen-bond donors (Lipinski definition) is 2. The second-order valence-corrected chi connectivity index (χ2v) is 6.97. The number of amides is 2. The SMILES string of the molecule is CN(C)c1ccc(/C=C(/NC(=O)c2ccccc2)C(=O)N/N=C/c2ccccc2)cc1. The molecule has 2 N–H and O–H groups in total. The van der Waals surface area contributed by atoms with Gasteiger partial charge in [0.25, 0.3) is 11.8 Å². The van der Waals surface area contributed by atoms with Gasteiger partial charge in [0.1, 0.15) is 5.70 Å². The van der Waals surface area contributed by atoms with E-state index in [1.807, 2.05) is 79.7 Å². The van der Waals surface area contributed by atoms with Gasteiger partial charge in [-0.2, -0.15) is 5.10 Å². The first-order valence-electron chi connectivity index (χ1n) is 9.77. The van der Waals surface area contributed by atoms with Crippen molar-refractivity contribution in [2.75, 3.05) is 19.0 Å². The highest BCUT2D eigenvalue weighted by atomic mass is 16.2. The quantitative estimate of drug-likeness (QED) is 0.353. The van der Waals surface area contributed by atoms with Crippen LogP contribution in [0.2, 0.25) is 0 Å². The van der Waals surface area contributed by atoms with Crippen LogP contribution in [0.1, 0.15) is 21.5 Å². The van der Waals surface area contributed by atoms with E-state index >= 15 is 0 Å². The van der Waals surface area contributed by atoms with Gasteiger partial charge < -0.3 is 10.2 Å². The molecule has 0 saturated heterocycles. The van der Waals surface area contributed by atoms with Gasteiger partial charge in [0, 0.05) is 25.3 Å². The van der Waals surface area contributed by atoms with Crippen molar-refractivity contribution in [3.63, 3.8) is 0 Å². The number of benzene rings is 3. The zero-order valence-electron chi connectivity index (χ0n) is 17.4. The minimum atomic E-state index is -0.520. The zero-order chi connectivity index (χ0) is 22.1. The van der Waals surface area contributed by atoms with E-state index in [2.05, 4.69) is 15.8 Å². The molecule has 0 bridgehead atoms. The van der Waals surface area contributed by atoms with E-state index in [4.69, 9.17) is 0 Å². The molecule has 3 aromatic carbocycles. The summed E-state index contributed by atoms with van der Waals surface area (Å²) in [5, 5.41) is 6.69. The molecule has 31 heavy (non-hydrogen) atoms. The van der Waals surface area contributed by atoms with Crippen LogP contribution in [0.4, 0.5) is 5.69 Å². The lowest BCUT2D eigenvalue weighted by Crippen LogP contribution is -2.32. The largest absolute Gasteiger partial charge is 0.378 e. The number of hydrazone groups is 1. The summed E-state index contributed by atoms with van der Waals surface area (Å²) in [4.78, 5) is 27.4. The van der Waals surface area contributed by atoms with E-state index < -0.39 is 5.91 Å². The fourth-order valence-electron chi connectivity index (χ4n) is 2.74. The summed E-state index contributed by atoms with van der Waals surface area (Å²) >= 11 is 0. The molecule has 0 aromatic heterocycles. The first-order chi connectivity index (χ1) is 15.0. The topological polar surface area (TPSA) is 73.8 Å². The van der Waals surface area contributed by atoms with Crippen LogP contribution in [0, 0.1) is 0 Å². The molecule has 0 aliphatic heterocycles. The highest BCUT2D eigenvalue weighted by Crippen LogP contribution is 2.14. The summed E-state index contributed by atoms with van der Waals surface area (Å²) in [5.41, 5.74) is 5.68. The number of carbonyl (C=O) groups excluding carboxylic acids is 2. The van der Waals surface area contributed by atoms with Crippen LogP contribution in [-0.4, -0.2) is 32.1 Å². The monoisotopic (exact) mass is 412 g/mol. The lowest BCUT2D eigenvalue weighted by Gasteiger charge is -2.12. The van der Waals surface area contributed by atoms with E-state index in [1.165, 1.54) is 0 Å². The molecule has 0 saturated carbocycles. The standard InChI is InChI=1S/C25H24N4O2/c1-29(2)22-15-13-19(14-16-22)17-23(27-24(30)21-11-7-4-8-12-21)25(31)28-26-18-20-9-5-3-6-10-20/h3-18H,1-2H3,(H,27,30)(H,28,31)/b23-17+,26-18+. The molecular weight excluding hydrogens is 388 g/mol. The Kier molecular flexibility index (Phi) is 7.32. The van der Waals surface area contributed by atoms with Gasteiger partial charge in [0.05, 0.1) is 6.21 Å². The highest BCUT2D eigenvalue weighted by molar-refractivity contribution is 6.05. The Morgan fingerprint density at radius 1 is 0.806 bits per heavy atom. The Morgan fingerprint density at radius 2 is 1.42 bits per heavy atom. The molecule has 2 amide bonds. The first kappa shape index (κ1) is 21.5. The number of nitrogens with one attached hydrogen (secondary N) is 2. The summed E-state index contributed by atoms with van der Waals surface area (Å²) in [6.07, 6.45) is 3.16. The Labute approximate surface area is 181 Å². The van der Waals surface area contributed by atoms with Crippen molar-refractivity contribution in [2.24, 2.45) is 5.10 Å². The molecule has 3 aromatic rings. The predicted molar refractivity (Wildman–Crippen MR) is 125 cm³/mol. The van der Waals surface area contributed by atoms with Crippen molar-refractivity contribution in [3.8, 4) is 0 Å². The highest BCUT2D eigenvalue weighted by Gasteiger charge is 2.14. The van der Waals surface area contributed by atoms with Gasteiger partial charge >= 0.3 is 0 Å². The maximum atomic E-state index is 12.8. The van der Waals surface area contributed by atoms with E-state index in [0.29, 0.717) is 5.56 Å². The molecule has 0 heterocycles. The number of carbonyl (C=O) groups is 2. The third-order valence-electron chi connectivity index (χ3n) is 4.43. The minimum absolute atomic E-state index is 0.0941. The molecule has 0 aliphatic carbocycles. The van der Waals surface area contributed by atoms with Crippen molar-refractivity contribution < 1.29 is 9.59 Å². The average molecular weight is 412 g/mol. The van der Waals surface area contributed by atoms with Crippen molar-refractivity contribution in [1.82, 2.24) is 10.7 Å². The molecule has 0 atom stereocenters. The average Bonchev–Trinajstić information content (AvgIpc) is 2.80. The van der Waals surface area contributed by atoms with Crippen LogP contribution >= 0.6 is 0 Å². The van der Waals surface area contributed by atoms with Gasteiger partial charge in [-0.15, -0.1) is 0 Å². The molecule has 0 fully saturated rings. The molecule has 6 nitrogen and oxygen atoms in total. The number of nitrogens with zero attached hydrogens (tertiary/aromatic N) is 2. The van der Waals surface area contributed by atoms with Crippen LogP contribution < -0.4 is 15.6 Å². The van der Waals surface area contributed by atoms with Crippen LogP contribution in [0.25, 0.3) is 6.08 Å². The molecule has 0 radical (unpaired) electrons. The summed E-state index contributed by atoms with van der Waals surface area (Å²) in [5.74, 6) is -0.896. The second-order valence-electron chi connectivity index (χ2n) is 6.97. The van der Waals surface area contributed by atoms with E-state index in [1.54, 1.807) is 36.6 Å². The van der Waals surface area contributed by atoms with Gasteiger partial charge in [-0.1, -0.05) is 60.7 Å². The second kappa shape index (κ2) is 10.5. The summed E-state index contributed by atoms with van der Waals surface area (Å²) in [6, 6.07) is 25.8. The van der Waals surface area contributed by atoms with Crippen LogP contribution in [0.5, 0.6) is 0 Å². The molecule has 3 rings (SSSR count). The molecular formula is C25H24N4O2. The van der Waals surface area contributed by atoms with Gasteiger partial charge in [0.2, 0.25) is 0 Å². The fraction of sp³-hybridized carbons (Fsp3) is 0.0800. The molecule has 0 spiro atoms. The van der Waals surface area contributed by atoms with Crippen molar-refractivity contribution in [1.29, 1.82) is 0 Å². The third-order valence-corrected chi connectivity index (χ3v) is 4.43. The maximum Gasteiger partial charge on any atom is 0.287 e. The Balaban J connectivity index is 1.81. The number of anilines is 1. The normalized spacial score (nSPS) is 11.2. The van der Waals surface area contributed by atoms with Crippen molar-refractivity contribution in [2.45, 2.75) is 0 Å². The maximum absolute atomic E-state index is 12.8. The zero-order valence-corrected chi connectivity index (χ0v) is 17.4. The van der Waals surface area contributed by atoms with Crippen LogP contribution in [0.15, 0.2) is 95.7 Å². The summed E-state index contributed by atoms with van der Waals surface area (Å²) in [7, 11) is 3.91. The summed E-state index contributed by atoms with van der Waals surface area (Å²) in [6.45, 7) is 0. The molecule has 0 unspecified atom stereocenters. The Morgan fingerprint density at radius 3 is 2.03 bits per heavy atom. The lowest BCUT2D eigenvalue weighted by molar-refractivity contribution is -0.117. The Hall–Kier alpha value is -4.19. The minimum Gasteiger partial charge on any atom is -0.378 e. The van der Waals surface area contributed by atoms with E-state index in [-0.39, 0.29) is 11.6 Å². The summed E-state index contributed by atoms with van der Waals surface area (Å²) < 4.78 is 0. The van der Waals surface area contributed by atoms with Crippen molar-refractivity contribution in [3.05, 3.63) is 107 Å². The van der Waals surface area contributed by atoms with Crippen LogP contribution in [0.3, 0.4) is 0 Å². The van der Waals surface area contributed by atoms with Gasteiger partial charge in [-0.3, -0.25) is 9.59 Å². The van der Waals surface area contributed by atoms with Gasteiger partial charge in [-0.05, 0) is 41.5 Å². The number of rotatable bonds is 7. The van der Waals surface area contributed by atoms with Crippen LogP contribution in [-0.2, 0) is 4.79 Å². The van der Waals surface area contributed by atoms with Crippen molar-refractivity contribution >= 4 is 29.8 Å². The van der Waals surface area contributed by atoms with Gasteiger partial charge in [-0.25, -0.2) is 5.43 Å². The van der Waals surface area contributed by atoms with E-state index in [9.17, 15) is 9.59 Å².